The number of nitrogens with zero attached hydrogens (tertiary/aromatic N) is 1. The van der Waals surface area contributed by atoms with Crippen molar-refractivity contribution in [3.8, 4) is 0 Å². The van der Waals surface area contributed by atoms with E-state index >= 15 is 0 Å². The van der Waals surface area contributed by atoms with Crippen LogP contribution in [0.3, 0.4) is 0 Å². The first-order valence-electron chi connectivity index (χ1n) is 6.90. The molecule has 0 unspecified atom stereocenters. The summed E-state index contributed by atoms with van der Waals surface area (Å²) in [7, 11) is 0. The zero-order valence-electron chi connectivity index (χ0n) is 11.5. The highest BCUT2D eigenvalue weighted by molar-refractivity contribution is 5.86. The molecule has 0 radical (unpaired) electrons. The van der Waals surface area contributed by atoms with Crippen molar-refractivity contribution < 1.29 is 0 Å². The van der Waals surface area contributed by atoms with Crippen LogP contribution in [0, 0.1) is 0 Å². The van der Waals surface area contributed by atoms with E-state index in [0.717, 1.165) is 5.56 Å². The van der Waals surface area contributed by atoms with Crippen LogP contribution in [-0.2, 0) is 0 Å². The van der Waals surface area contributed by atoms with E-state index in [1.807, 2.05) is 24.4 Å². The second kappa shape index (κ2) is 5.70. The lowest BCUT2D eigenvalue weighted by molar-refractivity contribution is 0.834. The maximum absolute atomic E-state index is 4.69. The zero-order chi connectivity index (χ0) is 13.8. The molecule has 1 heteroatoms. The molecule has 98 valence electrons. The number of rotatable bonds is 3. The summed E-state index contributed by atoms with van der Waals surface area (Å²) in [5.74, 6) is 0. The number of fused-ring (bicyclic) bond motifs is 1. The second-order valence-electron chi connectivity index (χ2n) is 4.93. The molecule has 0 fully saturated rings. The van der Waals surface area contributed by atoms with Crippen LogP contribution in [0.15, 0.2) is 77.8 Å². The lowest BCUT2D eigenvalue weighted by atomic mass is 10.00. The van der Waals surface area contributed by atoms with Gasteiger partial charge in [-0.2, -0.15) is 0 Å². The van der Waals surface area contributed by atoms with Crippen LogP contribution in [0.4, 0.5) is 0 Å². The Kier molecular flexibility index (Phi) is 3.60. The third kappa shape index (κ3) is 2.62. The maximum Gasteiger partial charge on any atom is 0.0727 e. The first-order valence-corrected chi connectivity index (χ1v) is 6.90. The third-order valence-electron chi connectivity index (χ3n) is 3.52. The minimum absolute atomic E-state index is 0.154. The first-order chi connectivity index (χ1) is 9.84. The smallest absolute Gasteiger partial charge is 0.0727 e. The van der Waals surface area contributed by atoms with Gasteiger partial charge in [0.1, 0.15) is 0 Å². The zero-order valence-corrected chi connectivity index (χ0v) is 11.5. The molecular weight excluding hydrogens is 242 g/mol. The Labute approximate surface area is 119 Å². The van der Waals surface area contributed by atoms with Crippen molar-refractivity contribution in [2.24, 2.45) is 4.99 Å². The van der Waals surface area contributed by atoms with Gasteiger partial charge in [0.05, 0.1) is 6.04 Å². The van der Waals surface area contributed by atoms with Gasteiger partial charge in [-0.3, -0.25) is 4.99 Å². The molecule has 0 heterocycles. The number of hydrogen-bond acceptors (Lipinski definition) is 1. The van der Waals surface area contributed by atoms with Gasteiger partial charge in [-0.25, -0.2) is 0 Å². The van der Waals surface area contributed by atoms with Crippen LogP contribution in [0.25, 0.3) is 10.8 Å². The van der Waals surface area contributed by atoms with Crippen molar-refractivity contribution in [1.82, 2.24) is 0 Å². The Bertz CT molecular complexity index is 724. The number of benzene rings is 3. The standard InChI is InChI=1S/C19H17N/c1-15(20-14-16-8-3-2-4-9-16)18-13-7-11-17-10-5-6-12-19(17)18/h2-15H,1H3/t15-/m0/s1. The van der Waals surface area contributed by atoms with Gasteiger partial charge in [-0.1, -0.05) is 72.8 Å². The van der Waals surface area contributed by atoms with E-state index < -0.39 is 0 Å². The molecule has 3 rings (SSSR count). The van der Waals surface area contributed by atoms with E-state index in [1.165, 1.54) is 16.3 Å². The van der Waals surface area contributed by atoms with Crippen LogP contribution >= 0.6 is 0 Å². The minimum atomic E-state index is 0.154. The van der Waals surface area contributed by atoms with Gasteiger partial charge in [-0.05, 0) is 28.8 Å². The lowest BCUT2D eigenvalue weighted by Crippen LogP contribution is -1.92. The first kappa shape index (κ1) is 12.6. The minimum Gasteiger partial charge on any atom is -0.285 e. The molecule has 0 saturated heterocycles. The predicted octanol–water partition coefficient (Wildman–Crippen LogP) is 5.02. The van der Waals surface area contributed by atoms with Crippen molar-refractivity contribution in [3.63, 3.8) is 0 Å². The van der Waals surface area contributed by atoms with Crippen LogP contribution in [-0.4, -0.2) is 6.21 Å². The molecular formula is C19H17N. The molecule has 0 aliphatic carbocycles. The summed E-state index contributed by atoms with van der Waals surface area (Å²) in [6, 6.07) is 25.3. The normalized spacial score (nSPS) is 12.8. The van der Waals surface area contributed by atoms with Crippen LogP contribution in [0.1, 0.15) is 24.1 Å². The Morgan fingerprint density at radius 2 is 1.50 bits per heavy atom. The molecule has 1 nitrogen and oxygen atoms in total. The van der Waals surface area contributed by atoms with E-state index in [9.17, 15) is 0 Å². The summed E-state index contributed by atoms with van der Waals surface area (Å²) in [5, 5.41) is 2.56. The summed E-state index contributed by atoms with van der Waals surface area (Å²) in [4.78, 5) is 4.69. The molecule has 0 bridgehead atoms. The van der Waals surface area contributed by atoms with Crippen molar-refractivity contribution in [2.45, 2.75) is 13.0 Å². The number of hydrogen-bond donors (Lipinski definition) is 0. The fourth-order valence-corrected chi connectivity index (χ4v) is 2.43. The van der Waals surface area contributed by atoms with Gasteiger partial charge in [0.25, 0.3) is 0 Å². The van der Waals surface area contributed by atoms with Crippen LogP contribution in [0.2, 0.25) is 0 Å². The van der Waals surface area contributed by atoms with E-state index in [-0.39, 0.29) is 6.04 Å². The molecule has 0 spiro atoms. The van der Waals surface area contributed by atoms with Crippen molar-refractivity contribution in [1.29, 1.82) is 0 Å². The lowest BCUT2D eigenvalue weighted by Gasteiger charge is -2.10. The van der Waals surface area contributed by atoms with Gasteiger partial charge in [-0.15, -0.1) is 0 Å². The Balaban J connectivity index is 1.93. The topological polar surface area (TPSA) is 12.4 Å². The van der Waals surface area contributed by atoms with E-state index in [2.05, 4.69) is 66.5 Å². The summed E-state index contributed by atoms with van der Waals surface area (Å²) in [6.45, 7) is 2.14. The van der Waals surface area contributed by atoms with Crippen molar-refractivity contribution in [3.05, 3.63) is 83.9 Å². The Morgan fingerprint density at radius 1 is 0.800 bits per heavy atom. The van der Waals surface area contributed by atoms with Crippen molar-refractivity contribution >= 4 is 17.0 Å². The molecule has 20 heavy (non-hydrogen) atoms. The van der Waals surface area contributed by atoms with Gasteiger partial charge >= 0.3 is 0 Å². The van der Waals surface area contributed by atoms with Gasteiger partial charge in [0.2, 0.25) is 0 Å². The average molecular weight is 259 g/mol. The van der Waals surface area contributed by atoms with Gasteiger partial charge in [0.15, 0.2) is 0 Å². The summed E-state index contributed by atoms with van der Waals surface area (Å²) < 4.78 is 0. The summed E-state index contributed by atoms with van der Waals surface area (Å²) in [6.07, 6.45) is 1.95. The molecule has 1 atom stereocenters. The van der Waals surface area contributed by atoms with Gasteiger partial charge in [0, 0.05) is 6.21 Å². The molecule has 0 aliphatic heterocycles. The molecule has 0 aromatic heterocycles. The third-order valence-corrected chi connectivity index (χ3v) is 3.52. The molecule has 0 aliphatic rings. The molecule has 0 saturated carbocycles. The summed E-state index contributed by atoms with van der Waals surface area (Å²) in [5.41, 5.74) is 2.41. The predicted molar refractivity (Wildman–Crippen MR) is 86.4 cm³/mol. The Hall–Kier alpha value is -2.41. The molecule has 0 N–H and O–H groups in total. The molecule has 3 aromatic rings. The monoisotopic (exact) mass is 259 g/mol. The van der Waals surface area contributed by atoms with Crippen molar-refractivity contribution in [2.75, 3.05) is 0 Å². The van der Waals surface area contributed by atoms with E-state index in [1.54, 1.807) is 0 Å². The largest absolute Gasteiger partial charge is 0.285 e. The van der Waals surface area contributed by atoms with Crippen LogP contribution in [0.5, 0.6) is 0 Å². The molecule has 0 amide bonds. The highest BCUT2D eigenvalue weighted by Gasteiger charge is 2.06. The Morgan fingerprint density at radius 3 is 2.35 bits per heavy atom. The highest BCUT2D eigenvalue weighted by atomic mass is 14.8. The molecule has 3 aromatic carbocycles. The quantitative estimate of drug-likeness (QED) is 0.586. The highest BCUT2D eigenvalue weighted by Crippen LogP contribution is 2.26. The van der Waals surface area contributed by atoms with E-state index in [0.29, 0.717) is 0 Å². The maximum atomic E-state index is 4.69. The second-order valence-corrected chi connectivity index (χ2v) is 4.93. The SMILES string of the molecule is C[C@H](N=Cc1ccccc1)c1cccc2ccccc12. The fraction of sp³-hybridized carbons (Fsp3) is 0.105. The van der Waals surface area contributed by atoms with Gasteiger partial charge < -0.3 is 0 Å². The van der Waals surface area contributed by atoms with Crippen LogP contribution < -0.4 is 0 Å². The number of aliphatic imine (C=N–C) groups is 1. The van der Waals surface area contributed by atoms with E-state index in [4.69, 9.17) is 0 Å². The summed E-state index contributed by atoms with van der Waals surface area (Å²) >= 11 is 0. The average Bonchev–Trinajstić information content (AvgIpc) is 2.53. The fourth-order valence-electron chi connectivity index (χ4n) is 2.43.